The van der Waals surface area contributed by atoms with E-state index in [1.807, 2.05) is 0 Å². The summed E-state index contributed by atoms with van der Waals surface area (Å²) in [5.74, 6) is 0. The number of hydrogen-bond acceptors (Lipinski definition) is 1. The number of hydrogen-bond donors (Lipinski definition) is 1. The molecule has 1 rings (SSSR count). The molecule has 0 radical (unpaired) electrons. The Balaban J connectivity index is 2.85. The molecule has 0 saturated heterocycles. The van der Waals surface area contributed by atoms with Crippen molar-refractivity contribution >= 4 is 38.5 Å². The van der Waals surface area contributed by atoms with Crippen LogP contribution in [0.1, 0.15) is 44.7 Å². The second kappa shape index (κ2) is 7.67. The second-order valence-corrected chi connectivity index (χ2v) is 6.00. The van der Waals surface area contributed by atoms with E-state index in [0.717, 1.165) is 6.54 Å². The SMILES string of the molecule is CCCCC(NCC)c1cc(Br)ccc1I. The summed E-state index contributed by atoms with van der Waals surface area (Å²) in [6.07, 6.45) is 3.75. The molecule has 0 aromatic heterocycles. The molecule has 1 atom stereocenters. The number of nitrogens with one attached hydrogen (secondary N) is 1. The van der Waals surface area contributed by atoms with Gasteiger partial charge in [-0.05, 0) is 59.3 Å². The molecule has 0 saturated carbocycles. The summed E-state index contributed by atoms with van der Waals surface area (Å²) >= 11 is 5.98. The molecule has 0 aliphatic rings. The van der Waals surface area contributed by atoms with Crippen molar-refractivity contribution in [1.82, 2.24) is 5.32 Å². The molecule has 1 nitrogen and oxygen atoms in total. The molecular formula is C13H19BrIN. The highest BCUT2D eigenvalue weighted by Gasteiger charge is 2.13. The minimum atomic E-state index is 0.495. The molecule has 0 spiro atoms. The number of halogens is 2. The zero-order chi connectivity index (χ0) is 12.0. The van der Waals surface area contributed by atoms with Gasteiger partial charge in [0.25, 0.3) is 0 Å². The van der Waals surface area contributed by atoms with Crippen molar-refractivity contribution in [2.45, 2.75) is 39.2 Å². The van der Waals surface area contributed by atoms with E-state index in [1.54, 1.807) is 0 Å². The van der Waals surface area contributed by atoms with Crippen molar-refractivity contribution in [2.24, 2.45) is 0 Å². The minimum absolute atomic E-state index is 0.495. The fourth-order valence-electron chi connectivity index (χ4n) is 1.80. The molecule has 0 fully saturated rings. The maximum atomic E-state index is 3.58. The van der Waals surface area contributed by atoms with Crippen LogP contribution in [0.2, 0.25) is 0 Å². The Morgan fingerprint density at radius 2 is 2.12 bits per heavy atom. The van der Waals surface area contributed by atoms with Gasteiger partial charge in [0.1, 0.15) is 0 Å². The summed E-state index contributed by atoms with van der Waals surface area (Å²) in [4.78, 5) is 0. The van der Waals surface area contributed by atoms with Crippen molar-refractivity contribution in [3.63, 3.8) is 0 Å². The summed E-state index contributed by atoms with van der Waals surface area (Å²) < 4.78 is 2.52. The molecule has 0 heterocycles. The van der Waals surface area contributed by atoms with Gasteiger partial charge in [-0.1, -0.05) is 42.6 Å². The number of unbranched alkanes of at least 4 members (excludes halogenated alkanes) is 1. The fraction of sp³-hybridized carbons (Fsp3) is 0.538. The van der Waals surface area contributed by atoms with Gasteiger partial charge < -0.3 is 5.32 Å². The molecular weight excluding hydrogens is 377 g/mol. The fourth-order valence-corrected chi connectivity index (χ4v) is 2.89. The van der Waals surface area contributed by atoms with Crippen LogP contribution in [0.4, 0.5) is 0 Å². The molecule has 3 heteroatoms. The predicted octanol–water partition coefficient (Wildman–Crippen LogP) is 4.89. The quantitative estimate of drug-likeness (QED) is 0.676. The Hall–Kier alpha value is 0.390. The molecule has 0 amide bonds. The first-order valence-electron chi connectivity index (χ1n) is 5.87. The van der Waals surface area contributed by atoms with Gasteiger partial charge in [0.2, 0.25) is 0 Å². The number of rotatable bonds is 6. The van der Waals surface area contributed by atoms with Gasteiger partial charge in [-0.15, -0.1) is 0 Å². The molecule has 1 N–H and O–H groups in total. The van der Waals surface area contributed by atoms with E-state index in [0.29, 0.717) is 6.04 Å². The smallest absolute Gasteiger partial charge is 0.0331 e. The normalized spacial score (nSPS) is 12.8. The van der Waals surface area contributed by atoms with Gasteiger partial charge >= 0.3 is 0 Å². The Morgan fingerprint density at radius 1 is 1.38 bits per heavy atom. The highest BCUT2D eigenvalue weighted by Crippen LogP contribution is 2.27. The highest BCUT2D eigenvalue weighted by molar-refractivity contribution is 14.1. The summed E-state index contributed by atoms with van der Waals surface area (Å²) in [5.41, 5.74) is 1.42. The van der Waals surface area contributed by atoms with Gasteiger partial charge in [0, 0.05) is 14.1 Å². The topological polar surface area (TPSA) is 12.0 Å². The maximum Gasteiger partial charge on any atom is 0.0331 e. The first-order valence-corrected chi connectivity index (χ1v) is 7.74. The zero-order valence-electron chi connectivity index (χ0n) is 9.89. The third-order valence-corrected chi connectivity index (χ3v) is 4.11. The van der Waals surface area contributed by atoms with Crippen molar-refractivity contribution in [1.29, 1.82) is 0 Å². The Morgan fingerprint density at radius 3 is 2.75 bits per heavy atom. The third kappa shape index (κ3) is 4.34. The van der Waals surface area contributed by atoms with Crippen molar-refractivity contribution in [3.05, 3.63) is 31.8 Å². The molecule has 1 unspecified atom stereocenters. The van der Waals surface area contributed by atoms with Crippen LogP contribution in [0.25, 0.3) is 0 Å². The van der Waals surface area contributed by atoms with E-state index in [1.165, 1.54) is 32.9 Å². The average Bonchev–Trinajstić information content (AvgIpc) is 2.28. The molecule has 1 aromatic rings. The van der Waals surface area contributed by atoms with Crippen LogP contribution in [0.15, 0.2) is 22.7 Å². The Bertz CT molecular complexity index is 328. The first-order chi connectivity index (χ1) is 7.69. The minimum Gasteiger partial charge on any atom is -0.310 e. The lowest BCUT2D eigenvalue weighted by molar-refractivity contribution is 0.493. The molecule has 1 aromatic carbocycles. The lowest BCUT2D eigenvalue weighted by Crippen LogP contribution is -2.21. The predicted molar refractivity (Wildman–Crippen MR) is 82.8 cm³/mol. The molecule has 16 heavy (non-hydrogen) atoms. The lowest BCUT2D eigenvalue weighted by atomic mass is 10.0. The van der Waals surface area contributed by atoms with E-state index in [2.05, 4.69) is 75.9 Å². The number of benzene rings is 1. The van der Waals surface area contributed by atoms with E-state index in [4.69, 9.17) is 0 Å². The largest absolute Gasteiger partial charge is 0.310 e. The van der Waals surface area contributed by atoms with Gasteiger partial charge in [0.15, 0.2) is 0 Å². The van der Waals surface area contributed by atoms with Crippen LogP contribution in [0.5, 0.6) is 0 Å². The average molecular weight is 396 g/mol. The second-order valence-electron chi connectivity index (χ2n) is 3.92. The van der Waals surface area contributed by atoms with Crippen molar-refractivity contribution in [2.75, 3.05) is 6.54 Å². The van der Waals surface area contributed by atoms with Crippen molar-refractivity contribution < 1.29 is 0 Å². The van der Waals surface area contributed by atoms with E-state index >= 15 is 0 Å². The lowest BCUT2D eigenvalue weighted by Gasteiger charge is -2.19. The van der Waals surface area contributed by atoms with Gasteiger partial charge in [-0.25, -0.2) is 0 Å². The monoisotopic (exact) mass is 395 g/mol. The van der Waals surface area contributed by atoms with Crippen LogP contribution >= 0.6 is 38.5 Å². The van der Waals surface area contributed by atoms with Gasteiger partial charge in [-0.3, -0.25) is 0 Å². The first kappa shape index (κ1) is 14.5. The van der Waals surface area contributed by atoms with Crippen LogP contribution in [0.3, 0.4) is 0 Å². The van der Waals surface area contributed by atoms with Crippen LogP contribution in [-0.4, -0.2) is 6.54 Å². The Kier molecular flexibility index (Phi) is 6.92. The molecule has 0 aliphatic carbocycles. The molecule has 0 aliphatic heterocycles. The summed E-state index contributed by atoms with van der Waals surface area (Å²) in [6, 6.07) is 7.02. The van der Waals surface area contributed by atoms with Crippen molar-refractivity contribution in [3.8, 4) is 0 Å². The van der Waals surface area contributed by atoms with E-state index in [9.17, 15) is 0 Å². The summed E-state index contributed by atoms with van der Waals surface area (Å²) in [5, 5.41) is 3.58. The van der Waals surface area contributed by atoms with Gasteiger partial charge in [0.05, 0.1) is 0 Å². The summed E-state index contributed by atoms with van der Waals surface area (Å²) in [7, 11) is 0. The third-order valence-electron chi connectivity index (χ3n) is 2.63. The van der Waals surface area contributed by atoms with Crippen LogP contribution < -0.4 is 5.32 Å². The summed E-state index contributed by atoms with van der Waals surface area (Å²) in [6.45, 7) is 5.44. The van der Waals surface area contributed by atoms with E-state index < -0.39 is 0 Å². The van der Waals surface area contributed by atoms with Crippen LogP contribution in [0, 0.1) is 3.57 Å². The highest BCUT2D eigenvalue weighted by atomic mass is 127. The van der Waals surface area contributed by atoms with E-state index in [-0.39, 0.29) is 0 Å². The molecule has 90 valence electrons. The Labute approximate surface area is 121 Å². The van der Waals surface area contributed by atoms with Gasteiger partial charge in [-0.2, -0.15) is 0 Å². The zero-order valence-corrected chi connectivity index (χ0v) is 13.6. The maximum absolute atomic E-state index is 3.58. The molecule has 0 bridgehead atoms. The van der Waals surface area contributed by atoms with Crippen LogP contribution in [-0.2, 0) is 0 Å². The standard InChI is InChI=1S/C13H19BrIN/c1-3-5-6-13(16-4-2)11-9-10(14)7-8-12(11)15/h7-9,13,16H,3-6H2,1-2H3.